The molecule has 1 amide bonds. The van der Waals surface area contributed by atoms with Crippen molar-refractivity contribution in [3.63, 3.8) is 0 Å². The topological polar surface area (TPSA) is 80.9 Å². The van der Waals surface area contributed by atoms with Crippen molar-refractivity contribution in [2.75, 3.05) is 0 Å². The molecule has 0 unspecified atom stereocenters. The number of halogens is 1. The van der Waals surface area contributed by atoms with E-state index >= 15 is 0 Å². The molecule has 0 aromatic carbocycles. The maximum Gasteiger partial charge on any atom is 0.271 e. The summed E-state index contributed by atoms with van der Waals surface area (Å²) in [5, 5.41) is 3.15. The molecule has 0 bridgehead atoms. The number of hydrogen-bond donors (Lipinski definition) is 2. The van der Waals surface area contributed by atoms with Gasteiger partial charge in [-0.3, -0.25) is 9.78 Å². The first-order valence-corrected chi connectivity index (χ1v) is 6.07. The number of nitrogens with two attached hydrogens (primary N) is 1. The molecule has 17 heavy (non-hydrogen) atoms. The van der Waals surface area contributed by atoms with Gasteiger partial charge >= 0.3 is 0 Å². The minimum atomic E-state index is -0.222. The van der Waals surface area contributed by atoms with Crippen LogP contribution in [0.3, 0.4) is 0 Å². The second-order valence-corrected chi connectivity index (χ2v) is 4.70. The van der Waals surface area contributed by atoms with Crippen molar-refractivity contribution < 1.29 is 4.79 Å². The van der Waals surface area contributed by atoms with Crippen LogP contribution in [0.25, 0.3) is 0 Å². The third-order valence-corrected chi connectivity index (χ3v) is 3.13. The van der Waals surface area contributed by atoms with Crippen molar-refractivity contribution in [2.45, 2.75) is 37.8 Å². The van der Waals surface area contributed by atoms with Gasteiger partial charge in [-0.1, -0.05) is 11.6 Å². The molecule has 0 radical (unpaired) electrons. The van der Waals surface area contributed by atoms with Crippen LogP contribution in [-0.4, -0.2) is 28.0 Å². The highest BCUT2D eigenvalue weighted by atomic mass is 35.5. The Labute approximate surface area is 105 Å². The van der Waals surface area contributed by atoms with Gasteiger partial charge in [-0.25, -0.2) is 4.98 Å². The molecule has 3 N–H and O–H groups in total. The van der Waals surface area contributed by atoms with Gasteiger partial charge in [0.25, 0.3) is 5.91 Å². The number of rotatable bonds is 2. The zero-order chi connectivity index (χ0) is 12.3. The molecular formula is C11H15ClN4O. The Kier molecular flexibility index (Phi) is 3.91. The van der Waals surface area contributed by atoms with Gasteiger partial charge in [0, 0.05) is 12.1 Å². The fraction of sp³-hybridized carbons (Fsp3) is 0.545. The Morgan fingerprint density at radius 3 is 2.71 bits per heavy atom. The summed E-state index contributed by atoms with van der Waals surface area (Å²) in [7, 11) is 0. The Morgan fingerprint density at radius 1 is 1.35 bits per heavy atom. The zero-order valence-corrected chi connectivity index (χ0v) is 10.2. The molecule has 0 saturated heterocycles. The molecule has 1 fully saturated rings. The van der Waals surface area contributed by atoms with E-state index in [1.54, 1.807) is 0 Å². The fourth-order valence-corrected chi connectivity index (χ4v) is 2.12. The summed E-state index contributed by atoms with van der Waals surface area (Å²) in [6, 6.07) is 0.456. The molecule has 1 aromatic rings. The lowest BCUT2D eigenvalue weighted by atomic mass is 9.92. The van der Waals surface area contributed by atoms with Gasteiger partial charge in [0.05, 0.1) is 12.4 Å². The Bertz CT molecular complexity index is 404. The first kappa shape index (κ1) is 12.3. The first-order chi connectivity index (χ1) is 8.15. The molecule has 1 aliphatic carbocycles. The van der Waals surface area contributed by atoms with E-state index in [9.17, 15) is 4.79 Å². The number of nitrogens with zero attached hydrogens (tertiary/aromatic N) is 2. The van der Waals surface area contributed by atoms with Crippen LogP contribution in [0.15, 0.2) is 12.4 Å². The monoisotopic (exact) mass is 254 g/mol. The smallest absolute Gasteiger partial charge is 0.271 e. The van der Waals surface area contributed by atoms with Gasteiger partial charge in [0.1, 0.15) is 10.8 Å². The Morgan fingerprint density at radius 2 is 2.06 bits per heavy atom. The van der Waals surface area contributed by atoms with Gasteiger partial charge < -0.3 is 11.1 Å². The number of amides is 1. The normalized spacial score (nSPS) is 24.4. The van der Waals surface area contributed by atoms with Crippen molar-refractivity contribution in [1.82, 2.24) is 15.3 Å². The van der Waals surface area contributed by atoms with E-state index in [2.05, 4.69) is 15.3 Å². The number of nitrogens with one attached hydrogen (secondary N) is 1. The third kappa shape index (κ3) is 3.38. The highest BCUT2D eigenvalue weighted by molar-refractivity contribution is 6.29. The summed E-state index contributed by atoms with van der Waals surface area (Å²) in [6.45, 7) is 0. The predicted molar refractivity (Wildman–Crippen MR) is 64.7 cm³/mol. The quantitative estimate of drug-likeness (QED) is 0.829. The summed E-state index contributed by atoms with van der Waals surface area (Å²) in [4.78, 5) is 19.6. The third-order valence-electron chi connectivity index (χ3n) is 2.94. The first-order valence-electron chi connectivity index (χ1n) is 5.69. The summed E-state index contributed by atoms with van der Waals surface area (Å²) < 4.78 is 0. The molecule has 1 saturated carbocycles. The largest absolute Gasteiger partial charge is 0.348 e. The molecule has 1 heterocycles. The fourth-order valence-electron chi connectivity index (χ4n) is 1.97. The number of carbonyl (C=O) groups is 1. The van der Waals surface area contributed by atoms with Crippen LogP contribution in [0.4, 0.5) is 0 Å². The molecule has 2 rings (SSSR count). The second-order valence-electron chi connectivity index (χ2n) is 4.31. The molecule has 1 aliphatic rings. The van der Waals surface area contributed by atoms with E-state index in [1.807, 2.05) is 0 Å². The summed E-state index contributed by atoms with van der Waals surface area (Å²) >= 11 is 5.68. The van der Waals surface area contributed by atoms with Gasteiger partial charge in [-0.2, -0.15) is 0 Å². The second kappa shape index (κ2) is 5.42. The highest BCUT2D eigenvalue weighted by Gasteiger charge is 2.21. The van der Waals surface area contributed by atoms with E-state index in [0.717, 1.165) is 25.7 Å². The molecule has 92 valence electrons. The van der Waals surface area contributed by atoms with Crippen LogP contribution in [0.5, 0.6) is 0 Å². The van der Waals surface area contributed by atoms with Crippen molar-refractivity contribution in [1.29, 1.82) is 0 Å². The molecule has 6 heteroatoms. The van der Waals surface area contributed by atoms with Crippen LogP contribution in [0, 0.1) is 0 Å². The van der Waals surface area contributed by atoms with E-state index in [1.165, 1.54) is 12.4 Å². The van der Waals surface area contributed by atoms with E-state index in [-0.39, 0.29) is 28.8 Å². The van der Waals surface area contributed by atoms with Crippen LogP contribution in [-0.2, 0) is 0 Å². The lowest BCUT2D eigenvalue weighted by Gasteiger charge is -2.26. The van der Waals surface area contributed by atoms with Crippen LogP contribution >= 0.6 is 11.6 Å². The predicted octanol–water partition coefficient (Wildman–Crippen LogP) is 1.13. The zero-order valence-electron chi connectivity index (χ0n) is 9.40. The van der Waals surface area contributed by atoms with Gasteiger partial charge in [-0.15, -0.1) is 0 Å². The lowest BCUT2D eigenvalue weighted by Crippen LogP contribution is -2.40. The minimum Gasteiger partial charge on any atom is -0.348 e. The van der Waals surface area contributed by atoms with Crippen LogP contribution < -0.4 is 11.1 Å². The highest BCUT2D eigenvalue weighted by Crippen LogP contribution is 2.17. The van der Waals surface area contributed by atoms with Crippen molar-refractivity contribution in [3.8, 4) is 0 Å². The van der Waals surface area contributed by atoms with Crippen LogP contribution in [0.2, 0.25) is 5.15 Å². The number of carbonyl (C=O) groups excluding carboxylic acids is 1. The van der Waals surface area contributed by atoms with Crippen molar-refractivity contribution in [3.05, 3.63) is 23.2 Å². The Hall–Kier alpha value is -1.20. The molecule has 1 aromatic heterocycles. The molecule has 0 atom stereocenters. The minimum absolute atomic E-state index is 0.183. The Balaban J connectivity index is 1.93. The molecule has 0 spiro atoms. The summed E-state index contributed by atoms with van der Waals surface area (Å²) in [5.74, 6) is -0.222. The van der Waals surface area contributed by atoms with Gasteiger partial charge in [0.15, 0.2) is 0 Å². The molecule has 0 aliphatic heterocycles. The number of aromatic nitrogens is 2. The average molecular weight is 255 g/mol. The van der Waals surface area contributed by atoms with E-state index in [4.69, 9.17) is 17.3 Å². The molecule has 5 nitrogen and oxygen atoms in total. The summed E-state index contributed by atoms with van der Waals surface area (Å²) in [5.41, 5.74) is 6.06. The van der Waals surface area contributed by atoms with Crippen molar-refractivity contribution >= 4 is 17.5 Å². The number of hydrogen-bond acceptors (Lipinski definition) is 4. The SMILES string of the molecule is NC1CCC(NC(=O)c2cncc(Cl)n2)CC1. The van der Waals surface area contributed by atoms with Gasteiger partial charge in [-0.05, 0) is 25.7 Å². The standard InChI is InChI=1S/C11H15ClN4O/c12-10-6-14-5-9(16-10)11(17)15-8-3-1-7(13)2-4-8/h5-8H,1-4,13H2,(H,15,17). The van der Waals surface area contributed by atoms with E-state index < -0.39 is 0 Å². The van der Waals surface area contributed by atoms with E-state index in [0.29, 0.717) is 0 Å². The lowest BCUT2D eigenvalue weighted by molar-refractivity contribution is 0.0920. The van der Waals surface area contributed by atoms with Crippen LogP contribution in [0.1, 0.15) is 36.2 Å². The molecular weight excluding hydrogens is 240 g/mol. The summed E-state index contributed by atoms with van der Waals surface area (Å²) in [6.07, 6.45) is 6.55. The van der Waals surface area contributed by atoms with Gasteiger partial charge in [0.2, 0.25) is 0 Å². The average Bonchev–Trinajstić information content (AvgIpc) is 2.32. The van der Waals surface area contributed by atoms with Crippen molar-refractivity contribution in [2.24, 2.45) is 5.73 Å². The maximum absolute atomic E-state index is 11.8. The maximum atomic E-state index is 11.8.